The predicted molar refractivity (Wildman–Crippen MR) is 61.8 cm³/mol. The third kappa shape index (κ3) is 1.97. The zero-order chi connectivity index (χ0) is 10.8. The second-order valence-corrected chi connectivity index (χ2v) is 4.62. The van der Waals surface area contributed by atoms with Crippen molar-refractivity contribution in [3.05, 3.63) is 32.9 Å². The number of rotatable bonds is 3. The van der Waals surface area contributed by atoms with Gasteiger partial charge in [0, 0.05) is 12.7 Å². The highest BCUT2D eigenvalue weighted by molar-refractivity contribution is 9.10. The lowest BCUT2D eigenvalue weighted by Crippen LogP contribution is -2.08. The maximum atomic E-state index is 10.1. The second kappa shape index (κ2) is 4.42. The maximum absolute atomic E-state index is 10.1. The van der Waals surface area contributed by atoms with E-state index >= 15 is 0 Å². The van der Waals surface area contributed by atoms with Gasteiger partial charge in [0.2, 0.25) is 0 Å². The van der Waals surface area contributed by atoms with E-state index in [0.717, 1.165) is 17.1 Å². The summed E-state index contributed by atoms with van der Waals surface area (Å²) in [5.41, 5.74) is 2.50. The molecule has 2 rings (SSSR count). The van der Waals surface area contributed by atoms with Crippen LogP contribution in [0.15, 0.2) is 22.4 Å². The summed E-state index contributed by atoms with van der Waals surface area (Å²) >= 11 is 4.73. The Balaban J connectivity index is 2.36. The molecule has 0 saturated heterocycles. The fourth-order valence-electron chi connectivity index (χ4n) is 1.39. The van der Waals surface area contributed by atoms with Crippen molar-refractivity contribution in [3.63, 3.8) is 0 Å². The van der Waals surface area contributed by atoms with Crippen LogP contribution in [0.25, 0.3) is 0 Å². The lowest BCUT2D eigenvalue weighted by Gasteiger charge is -2.10. The second-order valence-electron chi connectivity index (χ2n) is 2.98. The Hall–Kier alpha value is -0.720. The quantitative estimate of drug-likeness (QED) is 0.942. The Labute approximate surface area is 99.7 Å². The average Bonchev–Trinajstić information content (AvgIpc) is 2.84. The van der Waals surface area contributed by atoms with E-state index in [4.69, 9.17) is 0 Å². The molecule has 0 amide bonds. The van der Waals surface area contributed by atoms with Gasteiger partial charge in [0.15, 0.2) is 0 Å². The lowest BCUT2D eigenvalue weighted by atomic mass is 10.2. The van der Waals surface area contributed by atoms with E-state index in [0.29, 0.717) is 4.60 Å². The molecule has 6 heteroatoms. The number of aliphatic hydroxyl groups excluding tert-OH is 1. The first-order valence-corrected chi connectivity index (χ1v) is 6.20. The highest BCUT2D eigenvalue weighted by Crippen LogP contribution is 2.30. The molecule has 0 aromatic carbocycles. The Morgan fingerprint density at radius 2 is 2.47 bits per heavy atom. The average molecular weight is 288 g/mol. The number of aliphatic hydroxyl groups is 1. The third-order valence-corrected chi connectivity index (χ3v) is 3.90. The van der Waals surface area contributed by atoms with Gasteiger partial charge in [-0.2, -0.15) is 5.10 Å². The van der Waals surface area contributed by atoms with Crippen LogP contribution in [0.2, 0.25) is 0 Å². The van der Waals surface area contributed by atoms with Crippen molar-refractivity contribution in [2.75, 3.05) is 0 Å². The van der Waals surface area contributed by atoms with Gasteiger partial charge in [0.1, 0.15) is 10.7 Å². The van der Waals surface area contributed by atoms with Crippen LogP contribution in [-0.2, 0) is 6.54 Å². The number of hydrogen-bond acceptors (Lipinski definition) is 4. The van der Waals surface area contributed by atoms with Gasteiger partial charge in [-0.25, -0.2) is 4.98 Å². The summed E-state index contributed by atoms with van der Waals surface area (Å²) in [5.74, 6) is 0. The molecule has 1 N–H and O–H groups in total. The first kappa shape index (κ1) is 10.8. The van der Waals surface area contributed by atoms with Gasteiger partial charge in [-0.15, -0.1) is 11.3 Å². The van der Waals surface area contributed by atoms with Gasteiger partial charge in [0.25, 0.3) is 0 Å². The van der Waals surface area contributed by atoms with Crippen LogP contribution >= 0.6 is 27.3 Å². The molecule has 2 heterocycles. The van der Waals surface area contributed by atoms with Crippen molar-refractivity contribution in [3.8, 4) is 0 Å². The van der Waals surface area contributed by atoms with Gasteiger partial charge in [-0.05, 0) is 28.9 Å². The van der Waals surface area contributed by atoms with Crippen molar-refractivity contribution >= 4 is 27.3 Å². The summed E-state index contributed by atoms with van der Waals surface area (Å²) in [6.07, 6.45) is 1.03. The van der Waals surface area contributed by atoms with Gasteiger partial charge >= 0.3 is 0 Å². The first-order valence-electron chi connectivity index (χ1n) is 4.52. The summed E-state index contributed by atoms with van der Waals surface area (Å²) in [5, 5.41) is 14.3. The number of nitrogens with zero attached hydrogens (tertiary/aromatic N) is 3. The highest BCUT2D eigenvalue weighted by atomic mass is 79.9. The monoisotopic (exact) mass is 287 g/mol. The molecule has 2 aromatic heterocycles. The van der Waals surface area contributed by atoms with Crippen molar-refractivity contribution in [2.24, 2.45) is 0 Å². The van der Waals surface area contributed by atoms with Crippen molar-refractivity contribution in [1.82, 2.24) is 14.8 Å². The number of aryl methyl sites for hydroxylation is 1. The molecule has 4 nitrogen and oxygen atoms in total. The van der Waals surface area contributed by atoms with E-state index in [-0.39, 0.29) is 0 Å². The van der Waals surface area contributed by atoms with E-state index in [1.54, 1.807) is 16.4 Å². The van der Waals surface area contributed by atoms with Crippen LogP contribution in [0, 0.1) is 0 Å². The van der Waals surface area contributed by atoms with Crippen LogP contribution in [0.5, 0.6) is 0 Å². The SMILES string of the molecule is CCn1nccc1C(O)c1scnc1Br. The molecular formula is C9H10BrN3OS. The first-order chi connectivity index (χ1) is 7.24. The molecule has 0 saturated carbocycles. The minimum Gasteiger partial charge on any atom is -0.381 e. The fraction of sp³-hybridized carbons (Fsp3) is 0.333. The standard InChI is InChI=1S/C9H10BrN3OS/c1-2-13-6(3-4-12-13)7(14)8-9(10)11-5-15-8/h3-5,7,14H,2H2,1H3. The van der Waals surface area contributed by atoms with Gasteiger partial charge in [-0.3, -0.25) is 4.68 Å². The molecule has 1 atom stereocenters. The van der Waals surface area contributed by atoms with Crippen molar-refractivity contribution in [2.45, 2.75) is 19.6 Å². The van der Waals surface area contributed by atoms with Gasteiger partial charge in [0.05, 0.1) is 16.1 Å². The van der Waals surface area contributed by atoms with Crippen LogP contribution in [0.3, 0.4) is 0 Å². The Kier molecular flexibility index (Phi) is 3.18. The van der Waals surface area contributed by atoms with E-state index in [9.17, 15) is 5.11 Å². The molecule has 0 radical (unpaired) electrons. The Morgan fingerprint density at radius 3 is 3.07 bits per heavy atom. The smallest absolute Gasteiger partial charge is 0.132 e. The highest BCUT2D eigenvalue weighted by Gasteiger charge is 2.19. The minimum atomic E-state index is -0.658. The third-order valence-electron chi connectivity index (χ3n) is 2.13. The Bertz CT molecular complexity index is 454. The van der Waals surface area contributed by atoms with Crippen LogP contribution in [0.1, 0.15) is 23.6 Å². The van der Waals surface area contributed by atoms with Crippen LogP contribution < -0.4 is 0 Å². The summed E-state index contributed by atoms with van der Waals surface area (Å²) in [6.45, 7) is 2.74. The van der Waals surface area contributed by atoms with Crippen molar-refractivity contribution in [1.29, 1.82) is 0 Å². The van der Waals surface area contributed by atoms with Crippen LogP contribution in [0.4, 0.5) is 0 Å². The molecule has 0 spiro atoms. The molecular weight excluding hydrogens is 278 g/mol. The summed E-state index contributed by atoms with van der Waals surface area (Å²) < 4.78 is 2.47. The Morgan fingerprint density at radius 1 is 1.67 bits per heavy atom. The minimum absolute atomic E-state index is 0.658. The number of aromatic nitrogens is 3. The van der Waals surface area contributed by atoms with Gasteiger partial charge < -0.3 is 5.11 Å². The summed E-state index contributed by atoms with van der Waals surface area (Å²) in [4.78, 5) is 4.86. The molecule has 0 aliphatic carbocycles. The molecule has 80 valence electrons. The molecule has 2 aromatic rings. The zero-order valence-electron chi connectivity index (χ0n) is 8.09. The van der Waals surface area contributed by atoms with E-state index in [2.05, 4.69) is 26.0 Å². The zero-order valence-corrected chi connectivity index (χ0v) is 10.5. The fourth-order valence-corrected chi connectivity index (χ4v) is 2.80. The largest absolute Gasteiger partial charge is 0.381 e. The van der Waals surface area contributed by atoms with Crippen molar-refractivity contribution < 1.29 is 5.11 Å². The number of hydrogen-bond donors (Lipinski definition) is 1. The molecule has 15 heavy (non-hydrogen) atoms. The van der Waals surface area contributed by atoms with E-state index in [1.165, 1.54) is 11.3 Å². The van der Waals surface area contributed by atoms with E-state index < -0.39 is 6.10 Å². The normalized spacial score (nSPS) is 13.0. The molecule has 0 aliphatic heterocycles. The summed E-state index contributed by atoms with van der Waals surface area (Å²) in [7, 11) is 0. The molecule has 1 unspecified atom stereocenters. The summed E-state index contributed by atoms with van der Waals surface area (Å²) in [6, 6.07) is 1.82. The lowest BCUT2D eigenvalue weighted by molar-refractivity contribution is 0.211. The number of halogens is 1. The topological polar surface area (TPSA) is 50.9 Å². The molecule has 0 aliphatic rings. The maximum Gasteiger partial charge on any atom is 0.132 e. The van der Waals surface area contributed by atoms with Crippen LogP contribution in [-0.4, -0.2) is 19.9 Å². The molecule has 0 fully saturated rings. The van der Waals surface area contributed by atoms with E-state index in [1.807, 2.05) is 13.0 Å². The van der Waals surface area contributed by atoms with Gasteiger partial charge in [-0.1, -0.05) is 0 Å². The number of thiazole rings is 1. The molecule has 0 bridgehead atoms. The predicted octanol–water partition coefficient (Wildman–Crippen LogP) is 2.20.